The fraction of sp³-hybridized carbons (Fsp3) is 0.957. The average molecular weight is 377 g/mol. The highest BCUT2D eigenvalue weighted by Crippen LogP contribution is 2.48. The maximum absolute atomic E-state index is 12.7. The lowest BCUT2D eigenvalue weighted by Crippen LogP contribution is -2.50. The van der Waals surface area contributed by atoms with Crippen molar-refractivity contribution in [1.29, 1.82) is 0 Å². The Morgan fingerprint density at radius 1 is 0.815 bits per heavy atom. The molecule has 27 heavy (non-hydrogen) atoms. The molecule has 4 nitrogen and oxygen atoms in total. The van der Waals surface area contributed by atoms with Crippen molar-refractivity contribution in [1.82, 2.24) is 9.80 Å². The predicted octanol–water partition coefficient (Wildman–Crippen LogP) is 3.97. The van der Waals surface area contributed by atoms with E-state index in [2.05, 4.69) is 9.80 Å². The molecule has 0 radical (unpaired) electrons. The number of nitrogens with zero attached hydrogens (tertiary/aromatic N) is 2. The van der Waals surface area contributed by atoms with Crippen molar-refractivity contribution in [2.24, 2.45) is 11.3 Å². The van der Waals surface area contributed by atoms with Gasteiger partial charge in [-0.25, -0.2) is 0 Å². The van der Waals surface area contributed by atoms with Crippen molar-refractivity contribution in [3.8, 4) is 0 Å². The minimum Gasteiger partial charge on any atom is -0.389 e. The lowest BCUT2D eigenvalue weighted by atomic mass is 9.64. The number of β-amino-alcohol motifs (C(OH)–C–C–N with tert-alkyl or cyclic N) is 1. The molecular weight excluding hydrogens is 336 g/mol. The second-order valence-electron chi connectivity index (χ2n) is 10.3. The fourth-order valence-corrected chi connectivity index (χ4v) is 6.26. The molecule has 2 saturated heterocycles. The monoisotopic (exact) mass is 376 g/mol. The van der Waals surface area contributed by atoms with Crippen molar-refractivity contribution in [3.05, 3.63) is 0 Å². The Morgan fingerprint density at radius 2 is 1.44 bits per heavy atom. The van der Waals surface area contributed by atoms with E-state index in [0.29, 0.717) is 17.2 Å². The van der Waals surface area contributed by atoms with Gasteiger partial charge in [0.1, 0.15) is 0 Å². The van der Waals surface area contributed by atoms with Crippen LogP contribution in [0.15, 0.2) is 0 Å². The quantitative estimate of drug-likeness (QED) is 0.807. The number of rotatable bonds is 4. The van der Waals surface area contributed by atoms with Gasteiger partial charge in [-0.15, -0.1) is 0 Å². The molecule has 2 aliphatic carbocycles. The Morgan fingerprint density at radius 3 is 2.07 bits per heavy atom. The van der Waals surface area contributed by atoms with E-state index in [1.54, 1.807) is 0 Å². The molecule has 4 aliphatic rings. The van der Waals surface area contributed by atoms with Gasteiger partial charge < -0.3 is 14.9 Å². The molecule has 0 unspecified atom stereocenters. The smallest absolute Gasteiger partial charge is 0.222 e. The first-order valence-electron chi connectivity index (χ1n) is 11.8. The topological polar surface area (TPSA) is 43.8 Å². The third-order valence-electron chi connectivity index (χ3n) is 8.32. The molecular formula is C23H40N2O2. The summed E-state index contributed by atoms with van der Waals surface area (Å²) in [4.78, 5) is 17.3. The normalized spacial score (nSPS) is 29.3. The number of amides is 1. The third kappa shape index (κ3) is 4.87. The zero-order valence-electron chi connectivity index (χ0n) is 17.3. The molecule has 0 bridgehead atoms. The van der Waals surface area contributed by atoms with E-state index in [-0.39, 0.29) is 0 Å². The fourth-order valence-electron chi connectivity index (χ4n) is 6.26. The average Bonchev–Trinajstić information content (AvgIpc) is 3.19. The van der Waals surface area contributed by atoms with Crippen molar-refractivity contribution in [2.45, 2.75) is 95.5 Å². The first-order chi connectivity index (χ1) is 13.1. The summed E-state index contributed by atoms with van der Waals surface area (Å²) in [5.74, 6) is 1.07. The van der Waals surface area contributed by atoms with Crippen molar-refractivity contribution in [2.75, 3.05) is 32.7 Å². The molecule has 1 amide bonds. The van der Waals surface area contributed by atoms with Gasteiger partial charge in [-0.05, 0) is 88.6 Å². The van der Waals surface area contributed by atoms with Gasteiger partial charge in [-0.1, -0.05) is 19.3 Å². The van der Waals surface area contributed by atoms with Crippen LogP contribution in [0.4, 0.5) is 0 Å². The minimum absolute atomic E-state index is 0.402. The molecule has 0 aromatic heterocycles. The van der Waals surface area contributed by atoms with Gasteiger partial charge in [0, 0.05) is 26.1 Å². The number of aliphatic hydroxyl groups is 1. The van der Waals surface area contributed by atoms with Gasteiger partial charge in [0.05, 0.1) is 5.60 Å². The van der Waals surface area contributed by atoms with Crippen LogP contribution in [0.2, 0.25) is 0 Å². The maximum Gasteiger partial charge on any atom is 0.222 e. The van der Waals surface area contributed by atoms with Crippen molar-refractivity contribution in [3.63, 3.8) is 0 Å². The summed E-state index contributed by atoms with van der Waals surface area (Å²) in [5.41, 5.74) is -0.0532. The molecule has 2 heterocycles. The molecule has 154 valence electrons. The zero-order valence-corrected chi connectivity index (χ0v) is 17.3. The summed E-state index contributed by atoms with van der Waals surface area (Å²) in [7, 11) is 0. The molecule has 4 fully saturated rings. The van der Waals surface area contributed by atoms with E-state index in [0.717, 1.165) is 64.6 Å². The molecule has 1 N–H and O–H groups in total. The van der Waals surface area contributed by atoms with Crippen LogP contribution in [0.25, 0.3) is 0 Å². The van der Waals surface area contributed by atoms with Gasteiger partial charge in [0.15, 0.2) is 0 Å². The van der Waals surface area contributed by atoms with E-state index in [1.807, 2.05) is 0 Å². The molecule has 1 spiro atoms. The lowest BCUT2D eigenvalue weighted by Gasteiger charge is -2.49. The second-order valence-corrected chi connectivity index (χ2v) is 10.3. The Kier molecular flexibility index (Phi) is 6.13. The summed E-state index contributed by atoms with van der Waals surface area (Å²) < 4.78 is 0. The largest absolute Gasteiger partial charge is 0.389 e. The Labute approximate surface area is 165 Å². The third-order valence-corrected chi connectivity index (χ3v) is 8.32. The van der Waals surface area contributed by atoms with Gasteiger partial charge in [-0.3, -0.25) is 4.79 Å². The van der Waals surface area contributed by atoms with E-state index in [4.69, 9.17) is 0 Å². The molecule has 2 saturated carbocycles. The van der Waals surface area contributed by atoms with Crippen LogP contribution in [0.5, 0.6) is 0 Å². The molecule has 0 aromatic rings. The van der Waals surface area contributed by atoms with Crippen LogP contribution < -0.4 is 0 Å². The SMILES string of the molecule is O=C(CC1CCCCC1)N1CCC2(CC1)CCC(O)(CN1CCCC1)CC2. The number of hydrogen-bond acceptors (Lipinski definition) is 3. The first kappa shape index (κ1) is 19.7. The minimum atomic E-state index is -0.455. The first-order valence-corrected chi connectivity index (χ1v) is 11.8. The van der Waals surface area contributed by atoms with Crippen molar-refractivity contribution >= 4 is 5.91 Å². The number of likely N-dealkylation sites (tertiary alicyclic amines) is 2. The van der Waals surface area contributed by atoms with Gasteiger partial charge in [0.25, 0.3) is 0 Å². The van der Waals surface area contributed by atoms with Crippen molar-refractivity contribution < 1.29 is 9.90 Å². The summed E-state index contributed by atoms with van der Waals surface area (Å²) in [6.45, 7) is 5.14. The summed E-state index contributed by atoms with van der Waals surface area (Å²) in [6.07, 6.45) is 16.5. The van der Waals surface area contributed by atoms with E-state index < -0.39 is 5.60 Å². The van der Waals surface area contributed by atoms with Crippen LogP contribution in [0, 0.1) is 11.3 Å². The van der Waals surface area contributed by atoms with Crippen LogP contribution in [0.1, 0.15) is 89.9 Å². The molecule has 2 aliphatic heterocycles. The summed E-state index contributed by atoms with van der Waals surface area (Å²) in [5, 5.41) is 11.1. The molecule has 0 aromatic carbocycles. The number of piperidine rings is 1. The van der Waals surface area contributed by atoms with E-state index >= 15 is 0 Å². The predicted molar refractivity (Wildman–Crippen MR) is 109 cm³/mol. The van der Waals surface area contributed by atoms with Crippen LogP contribution in [-0.2, 0) is 4.79 Å². The second kappa shape index (κ2) is 8.41. The molecule has 4 heteroatoms. The highest BCUT2D eigenvalue weighted by Gasteiger charge is 2.44. The molecule has 0 atom stereocenters. The highest BCUT2D eigenvalue weighted by molar-refractivity contribution is 5.76. The van der Waals surface area contributed by atoms with Gasteiger partial charge in [-0.2, -0.15) is 0 Å². The van der Waals surface area contributed by atoms with Crippen LogP contribution in [0.3, 0.4) is 0 Å². The van der Waals surface area contributed by atoms with Crippen LogP contribution in [-0.4, -0.2) is 59.1 Å². The number of carbonyl (C=O) groups is 1. The summed E-state index contributed by atoms with van der Waals surface area (Å²) >= 11 is 0. The maximum atomic E-state index is 12.7. The Hall–Kier alpha value is -0.610. The van der Waals surface area contributed by atoms with Gasteiger partial charge in [0.2, 0.25) is 5.91 Å². The van der Waals surface area contributed by atoms with E-state index in [1.165, 1.54) is 58.0 Å². The highest BCUT2D eigenvalue weighted by atomic mass is 16.3. The standard InChI is InChI=1S/C23H40N2O2/c26-21(18-20-6-2-1-3-7-20)25-16-12-22(13-17-25)8-10-23(27,11-9-22)19-24-14-4-5-15-24/h20,27H,1-19H2. The Bertz CT molecular complexity index is 491. The zero-order chi connectivity index (χ0) is 18.7. The van der Waals surface area contributed by atoms with Crippen LogP contribution >= 0.6 is 0 Å². The van der Waals surface area contributed by atoms with E-state index in [9.17, 15) is 9.90 Å². The number of hydrogen-bond donors (Lipinski definition) is 1. The lowest BCUT2D eigenvalue weighted by molar-refractivity contribution is -0.136. The number of carbonyl (C=O) groups excluding carboxylic acids is 1. The summed E-state index contributed by atoms with van der Waals surface area (Å²) in [6, 6.07) is 0. The molecule has 4 rings (SSSR count). The Balaban J connectivity index is 1.22. The van der Waals surface area contributed by atoms with Gasteiger partial charge >= 0.3 is 0 Å².